The van der Waals surface area contributed by atoms with Gasteiger partial charge in [0.05, 0.1) is 0 Å². The Morgan fingerprint density at radius 3 is 2.45 bits per heavy atom. The Bertz CT molecular complexity index is 420. The minimum atomic E-state index is -1.38. The molecule has 8 heteroatoms. The smallest absolute Gasteiger partial charge is 0.451 e. The van der Waals surface area contributed by atoms with Crippen LogP contribution in [0.15, 0.2) is 0 Å². The molecule has 0 aromatic heterocycles. The van der Waals surface area contributed by atoms with Crippen molar-refractivity contribution in [1.29, 1.82) is 0 Å². The van der Waals surface area contributed by atoms with Gasteiger partial charge in [-0.1, -0.05) is 13.3 Å². The van der Waals surface area contributed by atoms with Gasteiger partial charge in [-0.3, -0.25) is 9.59 Å². The molecule has 0 radical (unpaired) electrons. The number of nitrogens with zero attached hydrogens (tertiary/aromatic N) is 1. The standard InChI is InChI=1S/C14H27BN2O5/c1-9-11(8-17(3)10(2)18)7-14(16,13(19)20)12(9)5-4-6-15(21)22/h9,11-12,21-22H,4-8,16H2,1-3H3,(H,19,20)/t9-,11+,12+,14+/m1/s1. The Kier molecular flexibility index (Phi) is 6.40. The second-order valence-electron chi connectivity index (χ2n) is 6.59. The zero-order valence-electron chi connectivity index (χ0n) is 13.5. The van der Waals surface area contributed by atoms with Crippen molar-refractivity contribution in [2.75, 3.05) is 13.6 Å². The van der Waals surface area contributed by atoms with E-state index in [4.69, 9.17) is 15.8 Å². The van der Waals surface area contributed by atoms with Gasteiger partial charge in [-0.15, -0.1) is 0 Å². The van der Waals surface area contributed by atoms with Crippen LogP contribution in [-0.4, -0.2) is 58.2 Å². The van der Waals surface area contributed by atoms with E-state index in [0.29, 0.717) is 25.8 Å². The van der Waals surface area contributed by atoms with E-state index in [1.807, 2.05) is 6.92 Å². The molecule has 1 saturated carbocycles. The van der Waals surface area contributed by atoms with Crippen LogP contribution < -0.4 is 5.73 Å². The molecule has 5 N–H and O–H groups in total. The van der Waals surface area contributed by atoms with Gasteiger partial charge in [0, 0.05) is 20.5 Å². The van der Waals surface area contributed by atoms with Crippen LogP contribution in [0.25, 0.3) is 0 Å². The van der Waals surface area contributed by atoms with Crippen LogP contribution >= 0.6 is 0 Å². The SMILES string of the molecule is CC(=O)N(C)C[C@@H]1C[C@@](N)(C(=O)O)[C@@H](CCCB(O)O)[C@@H]1C. The number of nitrogens with two attached hydrogens (primary N) is 1. The number of carbonyl (C=O) groups is 2. The monoisotopic (exact) mass is 314 g/mol. The summed E-state index contributed by atoms with van der Waals surface area (Å²) in [6, 6.07) is 0. The third-order valence-corrected chi connectivity index (χ3v) is 5.06. The normalized spacial score (nSPS) is 31.1. The highest BCUT2D eigenvalue weighted by Crippen LogP contribution is 2.45. The molecule has 0 bridgehead atoms. The lowest BCUT2D eigenvalue weighted by molar-refractivity contribution is -0.145. The minimum Gasteiger partial charge on any atom is -0.480 e. The van der Waals surface area contributed by atoms with Crippen LogP contribution in [0, 0.1) is 17.8 Å². The number of rotatable bonds is 7. The van der Waals surface area contributed by atoms with Crippen molar-refractivity contribution in [2.45, 2.75) is 45.0 Å². The van der Waals surface area contributed by atoms with Crippen LogP contribution in [-0.2, 0) is 9.59 Å². The minimum absolute atomic E-state index is 0.0269. The highest BCUT2D eigenvalue weighted by atomic mass is 16.4. The maximum absolute atomic E-state index is 11.6. The predicted molar refractivity (Wildman–Crippen MR) is 82.9 cm³/mol. The van der Waals surface area contributed by atoms with Gasteiger partial charge in [0.2, 0.25) is 5.91 Å². The van der Waals surface area contributed by atoms with Gasteiger partial charge in [-0.25, -0.2) is 0 Å². The molecule has 1 aliphatic carbocycles. The number of carbonyl (C=O) groups excluding carboxylic acids is 1. The number of carboxylic acids is 1. The Morgan fingerprint density at radius 1 is 1.41 bits per heavy atom. The molecule has 0 saturated heterocycles. The molecule has 0 aromatic rings. The maximum atomic E-state index is 11.6. The lowest BCUT2D eigenvalue weighted by Gasteiger charge is -2.29. The van der Waals surface area contributed by atoms with Gasteiger partial charge in [0.1, 0.15) is 5.54 Å². The fourth-order valence-electron chi connectivity index (χ4n) is 3.57. The van der Waals surface area contributed by atoms with E-state index < -0.39 is 18.6 Å². The predicted octanol–water partition coefficient (Wildman–Crippen LogP) is -0.228. The van der Waals surface area contributed by atoms with Gasteiger partial charge in [0.25, 0.3) is 0 Å². The Balaban J connectivity index is 2.82. The van der Waals surface area contributed by atoms with Gasteiger partial charge in [0.15, 0.2) is 0 Å². The largest absolute Gasteiger partial charge is 0.480 e. The second-order valence-corrected chi connectivity index (χ2v) is 6.59. The van der Waals surface area contributed by atoms with E-state index >= 15 is 0 Å². The van der Waals surface area contributed by atoms with Crippen LogP contribution in [0.4, 0.5) is 0 Å². The van der Waals surface area contributed by atoms with E-state index in [9.17, 15) is 14.7 Å². The van der Waals surface area contributed by atoms with Crippen LogP contribution in [0.1, 0.15) is 33.1 Å². The first-order chi connectivity index (χ1) is 10.1. The zero-order valence-corrected chi connectivity index (χ0v) is 13.5. The first kappa shape index (κ1) is 18.9. The van der Waals surface area contributed by atoms with E-state index in [1.165, 1.54) is 6.92 Å². The zero-order chi connectivity index (χ0) is 17.1. The fraction of sp³-hybridized carbons (Fsp3) is 0.857. The van der Waals surface area contributed by atoms with Gasteiger partial charge in [-0.2, -0.15) is 0 Å². The Morgan fingerprint density at radius 2 is 2.00 bits per heavy atom. The van der Waals surface area contributed by atoms with Crippen LogP contribution in [0.2, 0.25) is 6.32 Å². The molecule has 1 amide bonds. The first-order valence-corrected chi connectivity index (χ1v) is 7.69. The third kappa shape index (κ3) is 4.21. The summed E-state index contributed by atoms with van der Waals surface area (Å²) in [5.41, 5.74) is 4.85. The molecule has 0 unspecified atom stereocenters. The molecule has 0 spiro atoms. The number of hydrogen-bond donors (Lipinski definition) is 4. The van der Waals surface area contributed by atoms with Gasteiger partial charge >= 0.3 is 13.1 Å². The molecule has 7 nitrogen and oxygen atoms in total. The van der Waals surface area contributed by atoms with Crippen molar-refractivity contribution >= 4 is 19.0 Å². The molecule has 0 aromatic carbocycles. The third-order valence-electron chi connectivity index (χ3n) is 5.06. The van der Waals surface area contributed by atoms with Gasteiger partial charge in [-0.05, 0) is 36.9 Å². The summed E-state index contributed by atoms with van der Waals surface area (Å²) < 4.78 is 0. The number of aliphatic carboxylic acids is 1. The summed E-state index contributed by atoms with van der Waals surface area (Å²) in [5, 5.41) is 27.4. The molecule has 126 valence electrons. The molecule has 1 rings (SSSR count). The number of carboxylic acid groups (broad SMARTS) is 1. The van der Waals surface area contributed by atoms with Crippen molar-refractivity contribution < 1.29 is 24.7 Å². The molecule has 4 atom stereocenters. The van der Waals surface area contributed by atoms with Crippen LogP contribution in [0.5, 0.6) is 0 Å². The topological polar surface area (TPSA) is 124 Å². The Hall–Kier alpha value is -1.12. The summed E-state index contributed by atoms with van der Waals surface area (Å²) in [7, 11) is 0.317. The van der Waals surface area contributed by atoms with Crippen molar-refractivity contribution in [3.8, 4) is 0 Å². The van der Waals surface area contributed by atoms with E-state index in [2.05, 4.69) is 0 Å². The van der Waals surface area contributed by atoms with E-state index in [0.717, 1.165) is 0 Å². The number of hydrogen-bond acceptors (Lipinski definition) is 5. The number of amides is 1. The van der Waals surface area contributed by atoms with Crippen molar-refractivity contribution in [2.24, 2.45) is 23.5 Å². The van der Waals surface area contributed by atoms with Gasteiger partial charge < -0.3 is 25.8 Å². The quantitative estimate of drug-likeness (QED) is 0.481. The summed E-state index contributed by atoms with van der Waals surface area (Å²) in [6.07, 6.45) is 1.57. The van der Waals surface area contributed by atoms with Crippen molar-refractivity contribution in [3.63, 3.8) is 0 Å². The van der Waals surface area contributed by atoms with Crippen LogP contribution in [0.3, 0.4) is 0 Å². The van der Waals surface area contributed by atoms with Crippen molar-refractivity contribution in [1.82, 2.24) is 4.90 Å². The average Bonchev–Trinajstić information content (AvgIpc) is 2.63. The molecule has 1 aliphatic rings. The van der Waals surface area contributed by atoms with E-state index in [-0.39, 0.29) is 30.0 Å². The summed E-state index contributed by atoms with van der Waals surface area (Å²) >= 11 is 0. The lowest BCUT2D eigenvalue weighted by atomic mass is 9.76. The molecule has 0 aliphatic heterocycles. The average molecular weight is 314 g/mol. The molecular formula is C14H27BN2O5. The maximum Gasteiger partial charge on any atom is 0.451 e. The lowest BCUT2D eigenvalue weighted by Crippen LogP contribution is -2.52. The molecule has 1 fully saturated rings. The molecule has 0 heterocycles. The van der Waals surface area contributed by atoms with E-state index in [1.54, 1.807) is 11.9 Å². The first-order valence-electron chi connectivity index (χ1n) is 7.69. The fourth-order valence-corrected chi connectivity index (χ4v) is 3.57. The summed E-state index contributed by atoms with van der Waals surface area (Å²) in [5.74, 6) is -1.24. The molecule has 22 heavy (non-hydrogen) atoms. The summed E-state index contributed by atoms with van der Waals surface area (Å²) in [4.78, 5) is 24.6. The van der Waals surface area contributed by atoms with Crippen molar-refractivity contribution in [3.05, 3.63) is 0 Å². The molecular weight excluding hydrogens is 287 g/mol. The highest BCUT2D eigenvalue weighted by Gasteiger charge is 2.53. The highest BCUT2D eigenvalue weighted by molar-refractivity contribution is 6.40. The second kappa shape index (κ2) is 7.43. The Labute approximate surface area is 131 Å². The summed E-state index contributed by atoms with van der Waals surface area (Å²) in [6.45, 7) is 3.94.